The quantitative estimate of drug-likeness (QED) is 0.793. The van der Waals surface area contributed by atoms with E-state index < -0.39 is 0 Å². The molecule has 2 saturated heterocycles. The van der Waals surface area contributed by atoms with E-state index in [0.29, 0.717) is 11.8 Å². The Morgan fingerprint density at radius 3 is 2.52 bits per heavy atom. The zero-order chi connectivity index (χ0) is 18.9. The number of benzene rings is 1. The molecule has 0 aromatic heterocycles. The van der Waals surface area contributed by atoms with E-state index in [0.717, 1.165) is 71.2 Å². The van der Waals surface area contributed by atoms with Crippen LogP contribution in [0.4, 0.5) is 0 Å². The first-order chi connectivity index (χ1) is 13.0. The standard InChI is InChI=1S/C23H34N2O2/c1-24(2)23(20-6-4-3-5-7-20)12-10-22(11-13-23)16-21(26)25(18-22)14-8-19-9-15-27-17-19/h3-7,19H,8-18H2,1-2H3. The predicted molar refractivity (Wildman–Crippen MR) is 107 cm³/mol. The minimum absolute atomic E-state index is 0.115. The summed E-state index contributed by atoms with van der Waals surface area (Å²) >= 11 is 0. The lowest BCUT2D eigenvalue weighted by Crippen LogP contribution is -2.47. The molecule has 1 aromatic rings. The normalized spacial score (nSPS) is 34.1. The van der Waals surface area contributed by atoms with Crippen LogP contribution in [0.25, 0.3) is 0 Å². The highest BCUT2D eigenvalue weighted by Gasteiger charge is 2.50. The van der Waals surface area contributed by atoms with Crippen molar-refractivity contribution in [3.63, 3.8) is 0 Å². The van der Waals surface area contributed by atoms with Crippen LogP contribution in [-0.2, 0) is 15.1 Å². The van der Waals surface area contributed by atoms with Crippen LogP contribution in [0.15, 0.2) is 30.3 Å². The van der Waals surface area contributed by atoms with Gasteiger partial charge in [0.1, 0.15) is 0 Å². The predicted octanol–water partition coefficient (Wildman–Crippen LogP) is 3.66. The van der Waals surface area contributed by atoms with Gasteiger partial charge in [-0.2, -0.15) is 0 Å². The minimum Gasteiger partial charge on any atom is -0.381 e. The van der Waals surface area contributed by atoms with Crippen LogP contribution in [0.3, 0.4) is 0 Å². The van der Waals surface area contributed by atoms with Gasteiger partial charge in [0, 0.05) is 38.3 Å². The van der Waals surface area contributed by atoms with Crippen molar-refractivity contribution in [3.8, 4) is 0 Å². The highest BCUT2D eigenvalue weighted by atomic mass is 16.5. The summed E-state index contributed by atoms with van der Waals surface area (Å²) in [6.07, 6.45) is 7.60. The Labute approximate surface area is 163 Å². The van der Waals surface area contributed by atoms with Crippen LogP contribution < -0.4 is 0 Å². The molecule has 4 rings (SSSR count). The summed E-state index contributed by atoms with van der Waals surface area (Å²) < 4.78 is 5.49. The molecule has 1 unspecified atom stereocenters. The molecule has 2 heterocycles. The lowest BCUT2D eigenvalue weighted by molar-refractivity contribution is -0.128. The first-order valence-electron chi connectivity index (χ1n) is 10.6. The van der Waals surface area contributed by atoms with E-state index in [1.807, 2.05) is 0 Å². The highest BCUT2D eigenvalue weighted by Crippen LogP contribution is 2.52. The zero-order valence-corrected chi connectivity index (χ0v) is 17.0. The molecular weight excluding hydrogens is 336 g/mol. The fourth-order valence-corrected chi connectivity index (χ4v) is 5.61. The van der Waals surface area contributed by atoms with Gasteiger partial charge in [-0.1, -0.05) is 30.3 Å². The van der Waals surface area contributed by atoms with Gasteiger partial charge in [0.25, 0.3) is 0 Å². The van der Waals surface area contributed by atoms with Crippen LogP contribution in [0.1, 0.15) is 50.5 Å². The summed E-state index contributed by atoms with van der Waals surface area (Å²) in [4.78, 5) is 17.3. The zero-order valence-electron chi connectivity index (χ0n) is 17.0. The second-order valence-electron chi connectivity index (χ2n) is 9.30. The molecule has 4 nitrogen and oxygen atoms in total. The molecule has 2 aliphatic heterocycles. The number of rotatable bonds is 5. The van der Waals surface area contributed by atoms with Gasteiger partial charge in [0.15, 0.2) is 0 Å². The summed E-state index contributed by atoms with van der Waals surface area (Å²) in [7, 11) is 4.42. The molecular formula is C23H34N2O2. The number of hydrogen-bond donors (Lipinski definition) is 0. The lowest BCUT2D eigenvalue weighted by atomic mass is 9.64. The average Bonchev–Trinajstić information content (AvgIpc) is 3.29. The van der Waals surface area contributed by atoms with Crippen molar-refractivity contribution in [2.24, 2.45) is 11.3 Å². The Morgan fingerprint density at radius 2 is 1.89 bits per heavy atom. The van der Waals surface area contributed by atoms with E-state index in [4.69, 9.17) is 4.74 Å². The smallest absolute Gasteiger partial charge is 0.223 e. The van der Waals surface area contributed by atoms with E-state index >= 15 is 0 Å². The van der Waals surface area contributed by atoms with Crippen molar-refractivity contribution < 1.29 is 9.53 Å². The first kappa shape index (κ1) is 18.9. The largest absolute Gasteiger partial charge is 0.381 e. The number of hydrogen-bond acceptors (Lipinski definition) is 3. The van der Waals surface area contributed by atoms with Crippen LogP contribution in [0.2, 0.25) is 0 Å². The van der Waals surface area contributed by atoms with Gasteiger partial charge >= 0.3 is 0 Å². The van der Waals surface area contributed by atoms with Crippen molar-refractivity contribution in [3.05, 3.63) is 35.9 Å². The number of amides is 1. The molecule has 148 valence electrons. The third kappa shape index (κ3) is 3.66. The molecule has 0 bridgehead atoms. The third-order valence-corrected chi connectivity index (χ3v) is 7.54. The SMILES string of the molecule is CN(C)C1(c2ccccc2)CCC2(CC1)CC(=O)N(CCC1CCOC1)C2. The summed E-state index contributed by atoms with van der Waals surface area (Å²) in [5.74, 6) is 1.03. The number of carbonyl (C=O) groups is 1. The van der Waals surface area contributed by atoms with Gasteiger partial charge in [-0.15, -0.1) is 0 Å². The van der Waals surface area contributed by atoms with Crippen LogP contribution in [0.5, 0.6) is 0 Å². The average molecular weight is 371 g/mol. The molecule has 0 radical (unpaired) electrons. The van der Waals surface area contributed by atoms with Gasteiger partial charge in [-0.3, -0.25) is 9.69 Å². The molecule has 0 N–H and O–H groups in total. The van der Waals surface area contributed by atoms with Crippen molar-refractivity contribution in [1.82, 2.24) is 9.80 Å². The molecule has 1 atom stereocenters. The van der Waals surface area contributed by atoms with Crippen LogP contribution in [0, 0.1) is 11.3 Å². The Balaban J connectivity index is 1.41. The molecule has 1 spiro atoms. The maximum atomic E-state index is 12.7. The summed E-state index contributed by atoms with van der Waals surface area (Å²) in [5, 5.41) is 0. The molecule has 3 aliphatic rings. The number of nitrogens with zero attached hydrogens (tertiary/aromatic N) is 2. The lowest BCUT2D eigenvalue weighted by Gasteiger charge is -2.48. The number of carbonyl (C=O) groups excluding carboxylic acids is 1. The molecule has 27 heavy (non-hydrogen) atoms. The summed E-state index contributed by atoms with van der Waals surface area (Å²) in [6.45, 7) is 3.67. The highest BCUT2D eigenvalue weighted by molar-refractivity contribution is 5.79. The number of likely N-dealkylation sites (tertiary alicyclic amines) is 1. The van der Waals surface area contributed by atoms with Crippen LogP contribution >= 0.6 is 0 Å². The van der Waals surface area contributed by atoms with Gasteiger partial charge < -0.3 is 9.64 Å². The fourth-order valence-electron chi connectivity index (χ4n) is 5.61. The van der Waals surface area contributed by atoms with E-state index in [1.54, 1.807) is 0 Å². The number of ether oxygens (including phenoxy) is 1. The molecule has 1 saturated carbocycles. The van der Waals surface area contributed by atoms with Crippen molar-refractivity contribution in [2.45, 2.75) is 50.5 Å². The summed E-state index contributed by atoms with van der Waals surface area (Å²) in [5.41, 5.74) is 1.74. The van der Waals surface area contributed by atoms with Gasteiger partial charge in [0.05, 0.1) is 0 Å². The second kappa shape index (κ2) is 7.56. The van der Waals surface area contributed by atoms with Crippen molar-refractivity contribution in [2.75, 3.05) is 40.4 Å². The third-order valence-electron chi connectivity index (χ3n) is 7.54. The summed E-state index contributed by atoms with van der Waals surface area (Å²) in [6, 6.07) is 10.9. The molecule has 3 fully saturated rings. The monoisotopic (exact) mass is 370 g/mol. The van der Waals surface area contributed by atoms with Gasteiger partial charge in [-0.05, 0) is 69.5 Å². The Bertz CT molecular complexity index is 644. The molecule has 1 aliphatic carbocycles. The van der Waals surface area contributed by atoms with Crippen molar-refractivity contribution in [1.29, 1.82) is 0 Å². The minimum atomic E-state index is 0.115. The van der Waals surface area contributed by atoms with Crippen molar-refractivity contribution >= 4 is 5.91 Å². The van der Waals surface area contributed by atoms with E-state index in [-0.39, 0.29) is 11.0 Å². The fraction of sp³-hybridized carbons (Fsp3) is 0.696. The maximum absolute atomic E-state index is 12.7. The second-order valence-corrected chi connectivity index (χ2v) is 9.30. The Hall–Kier alpha value is -1.39. The van der Waals surface area contributed by atoms with E-state index in [2.05, 4.69) is 54.2 Å². The topological polar surface area (TPSA) is 32.8 Å². The van der Waals surface area contributed by atoms with Gasteiger partial charge in [0.2, 0.25) is 5.91 Å². The molecule has 1 amide bonds. The Morgan fingerprint density at radius 1 is 1.15 bits per heavy atom. The van der Waals surface area contributed by atoms with E-state index in [1.165, 1.54) is 5.56 Å². The first-order valence-corrected chi connectivity index (χ1v) is 10.6. The van der Waals surface area contributed by atoms with Gasteiger partial charge in [-0.25, -0.2) is 0 Å². The molecule has 1 aromatic carbocycles. The van der Waals surface area contributed by atoms with Crippen LogP contribution in [-0.4, -0.2) is 56.1 Å². The Kier molecular flexibility index (Phi) is 5.30. The van der Waals surface area contributed by atoms with E-state index in [9.17, 15) is 4.79 Å². The maximum Gasteiger partial charge on any atom is 0.223 e. The molecule has 4 heteroatoms.